The summed E-state index contributed by atoms with van der Waals surface area (Å²) in [6, 6.07) is 54.2. The first-order chi connectivity index (χ1) is 40.5. The Morgan fingerprint density at radius 3 is 0.738 bits per heavy atom. The van der Waals surface area contributed by atoms with E-state index < -0.39 is 23.9 Å². The lowest BCUT2D eigenvalue weighted by Gasteiger charge is -2.28. The zero-order valence-electron chi connectivity index (χ0n) is 46.1. The Hall–Kier alpha value is -9.96. The lowest BCUT2D eigenvalue weighted by molar-refractivity contribution is 0.0359. The smallest absolute Gasteiger partial charge is 0.338 e. The van der Waals surface area contributed by atoms with E-state index in [2.05, 4.69) is 0 Å². The van der Waals surface area contributed by atoms with E-state index in [1.165, 1.54) is 48.5 Å². The molecule has 8 N–H and O–H groups in total. The Morgan fingerprint density at radius 1 is 0.286 bits per heavy atom. The lowest BCUT2D eigenvalue weighted by atomic mass is 9.80. The molecule has 0 aliphatic rings. The summed E-state index contributed by atoms with van der Waals surface area (Å²) in [6.07, 6.45) is 5.08. The number of rotatable bonds is 26. The molecule has 0 aliphatic carbocycles. The molecule has 0 bridgehead atoms. The van der Waals surface area contributed by atoms with E-state index in [1.54, 1.807) is 0 Å². The van der Waals surface area contributed by atoms with E-state index in [9.17, 15) is 60.0 Å². The quantitative estimate of drug-likeness (QED) is 0.0142. The van der Waals surface area contributed by atoms with Crippen LogP contribution < -0.4 is 0 Å². The van der Waals surface area contributed by atoms with Gasteiger partial charge in [-0.2, -0.15) is 0 Å². The number of carbonyl (C=O) groups excluding carboxylic acids is 4. The van der Waals surface area contributed by atoms with Crippen molar-refractivity contribution >= 4 is 23.9 Å². The maximum Gasteiger partial charge on any atom is 0.338 e. The molecule has 0 aliphatic heterocycles. The molecule has 4 atom stereocenters. The van der Waals surface area contributed by atoms with Crippen LogP contribution in [-0.2, 0) is 44.6 Å². The molecule has 0 unspecified atom stereocenters. The molecule has 0 radical (unpaired) electrons. The molecule has 0 amide bonds. The van der Waals surface area contributed by atoms with Crippen LogP contribution in [-0.4, -0.2) is 91.2 Å². The van der Waals surface area contributed by atoms with Crippen LogP contribution in [0.4, 0.5) is 0 Å². The number of phenolic OH excluding ortho intramolecular Hbond substituents is 8. The minimum atomic E-state index is -0.652. The van der Waals surface area contributed by atoms with Gasteiger partial charge in [-0.25, -0.2) is 19.2 Å². The van der Waals surface area contributed by atoms with Gasteiger partial charge in [0.1, 0.15) is 46.0 Å². The van der Waals surface area contributed by atoms with E-state index in [0.29, 0.717) is 51.4 Å². The summed E-state index contributed by atoms with van der Waals surface area (Å²) in [5.74, 6) is -4.58. The third-order valence-corrected chi connectivity index (χ3v) is 14.0. The normalized spacial score (nSPS) is 12.3. The van der Waals surface area contributed by atoms with Gasteiger partial charge in [-0.1, -0.05) is 121 Å². The number of hydrogen-bond donors (Lipinski definition) is 8. The fraction of sp³-hybridized carbons (Fsp3) is 0.235. The van der Waals surface area contributed by atoms with Gasteiger partial charge in [0, 0.05) is 36.1 Å². The van der Waals surface area contributed by atoms with Gasteiger partial charge in [-0.3, -0.25) is 0 Å². The SMILES string of the molecule is O=C(OCCC[C@@H](Cc1ccccc1)[C@@H](COC(=O)c1cc(O)cc(O)c1)Cc1ccccc1)c1cc(O)cc(O)c1.O=C(OCCC[C@H](Cc1ccccc1)[C@H](COC(=O)c1cc(O)cc(O)c1)Cc1ccccc1)c1cc(O)cc(O)c1. The Balaban J connectivity index is 0.000000241. The van der Waals surface area contributed by atoms with Crippen molar-refractivity contribution in [3.05, 3.63) is 239 Å². The summed E-state index contributed by atoms with van der Waals surface area (Å²) in [5.41, 5.74) is 4.63. The highest BCUT2D eigenvalue weighted by atomic mass is 16.5. The monoisotopic (exact) mass is 1140 g/mol. The van der Waals surface area contributed by atoms with Crippen molar-refractivity contribution in [3.63, 3.8) is 0 Å². The molecule has 8 aromatic carbocycles. The highest BCUT2D eigenvalue weighted by Gasteiger charge is 2.27. The third-order valence-electron chi connectivity index (χ3n) is 14.0. The van der Waals surface area contributed by atoms with Crippen LogP contribution in [0.1, 0.15) is 89.4 Å². The van der Waals surface area contributed by atoms with Crippen molar-refractivity contribution in [1.29, 1.82) is 0 Å². The number of carbonyl (C=O) groups is 4. The summed E-state index contributed by atoms with van der Waals surface area (Å²) in [7, 11) is 0. The molecular weight excluding hydrogens is 1070 g/mol. The topological polar surface area (TPSA) is 267 Å². The van der Waals surface area contributed by atoms with Gasteiger partial charge in [0.2, 0.25) is 0 Å². The second-order valence-corrected chi connectivity index (χ2v) is 20.5. The second-order valence-electron chi connectivity index (χ2n) is 20.5. The van der Waals surface area contributed by atoms with Crippen LogP contribution >= 0.6 is 0 Å². The lowest BCUT2D eigenvalue weighted by Crippen LogP contribution is -2.26. The van der Waals surface area contributed by atoms with Crippen molar-refractivity contribution < 1.29 is 79.0 Å². The third kappa shape index (κ3) is 20.2. The number of phenols is 8. The number of aromatic hydroxyl groups is 8. The van der Waals surface area contributed by atoms with Crippen molar-refractivity contribution in [2.45, 2.75) is 51.4 Å². The van der Waals surface area contributed by atoms with Crippen LogP contribution in [0.2, 0.25) is 0 Å². The Morgan fingerprint density at radius 2 is 0.500 bits per heavy atom. The first-order valence-electron chi connectivity index (χ1n) is 27.5. The first-order valence-corrected chi connectivity index (χ1v) is 27.5. The molecule has 436 valence electrons. The van der Waals surface area contributed by atoms with E-state index in [4.69, 9.17) is 18.9 Å². The zero-order valence-corrected chi connectivity index (χ0v) is 46.1. The van der Waals surface area contributed by atoms with Crippen LogP contribution in [0.3, 0.4) is 0 Å². The minimum absolute atomic E-state index is 0.0431. The molecular formula is C68H68O16. The fourth-order valence-corrected chi connectivity index (χ4v) is 9.97. The van der Waals surface area contributed by atoms with Gasteiger partial charge >= 0.3 is 23.9 Å². The van der Waals surface area contributed by atoms with Gasteiger partial charge in [-0.05, 0) is 134 Å². The van der Waals surface area contributed by atoms with Crippen LogP contribution in [0.5, 0.6) is 46.0 Å². The second kappa shape index (κ2) is 31.3. The largest absolute Gasteiger partial charge is 0.508 e. The number of ether oxygens (including phenoxy) is 4. The summed E-state index contributed by atoms with van der Waals surface area (Å²) >= 11 is 0. The van der Waals surface area contributed by atoms with E-state index >= 15 is 0 Å². The molecule has 0 fully saturated rings. The molecule has 0 saturated heterocycles. The summed E-state index contributed by atoms with van der Waals surface area (Å²) < 4.78 is 22.3. The van der Waals surface area contributed by atoms with Crippen LogP contribution in [0.15, 0.2) is 194 Å². The summed E-state index contributed by atoms with van der Waals surface area (Å²) in [4.78, 5) is 50.7. The number of esters is 4. The Labute approximate surface area is 487 Å². The first kappa shape index (κ1) is 61.7. The van der Waals surface area contributed by atoms with Gasteiger partial charge in [0.15, 0.2) is 0 Å². The predicted molar refractivity (Wildman–Crippen MR) is 313 cm³/mol. The molecule has 0 spiro atoms. The maximum absolute atomic E-state index is 12.9. The van der Waals surface area contributed by atoms with Gasteiger partial charge < -0.3 is 59.8 Å². The molecule has 0 saturated carbocycles. The highest BCUT2D eigenvalue weighted by molar-refractivity contribution is 5.92. The maximum atomic E-state index is 12.9. The van der Waals surface area contributed by atoms with E-state index in [-0.39, 0.29) is 118 Å². The molecule has 16 heteroatoms. The van der Waals surface area contributed by atoms with Crippen molar-refractivity contribution in [2.75, 3.05) is 26.4 Å². The molecule has 0 heterocycles. The number of hydrogen-bond acceptors (Lipinski definition) is 16. The van der Waals surface area contributed by atoms with Crippen LogP contribution in [0.25, 0.3) is 0 Å². The molecule has 84 heavy (non-hydrogen) atoms. The number of benzene rings is 8. The summed E-state index contributed by atoms with van der Waals surface area (Å²) in [5, 5.41) is 77.9. The Kier molecular flexibility index (Phi) is 23.0. The van der Waals surface area contributed by atoms with Gasteiger partial charge in [0.25, 0.3) is 0 Å². The molecule has 8 rings (SSSR count). The molecule has 8 aromatic rings. The average Bonchev–Trinajstić information content (AvgIpc) is 3.69. The zero-order chi connectivity index (χ0) is 59.8. The van der Waals surface area contributed by atoms with E-state index in [1.807, 2.05) is 121 Å². The van der Waals surface area contributed by atoms with E-state index in [0.717, 1.165) is 46.5 Å². The fourth-order valence-electron chi connectivity index (χ4n) is 9.97. The predicted octanol–water partition coefficient (Wildman–Crippen LogP) is 12.0. The Bertz CT molecular complexity index is 3080. The van der Waals surface area contributed by atoms with Crippen molar-refractivity contribution in [1.82, 2.24) is 0 Å². The van der Waals surface area contributed by atoms with Gasteiger partial charge in [-0.15, -0.1) is 0 Å². The highest BCUT2D eigenvalue weighted by Crippen LogP contribution is 2.31. The van der Waals surface area contributed by atoms with Crippen LogP contribution in [0, 0.1) is 23.7 Å². The van der Waals surface area contributed by atoms with Crippen molar-refractivity contribution in [3.8, 4) is 46.0 Å². The standard InChI is InChI=1S/2C34H34O8/c2*35-29-16-26(17-30(36)20-29)33(39)41-13-7-12-25(14-23-8-3-1-4-9-23)28(15-24-10-5-2-6-11-24)22-42-34(40)27-18-31(37)21-32(38)19-27/h2*1-6,8-11,16-21,25,28,35-38H,7,12-15,22H2/t2*25-,28+/m10/s1. The minimum Gasteiger partial charge on any atom is -0.508 e. The molecule has 16 nitrogen and oxygen atoms in total. The summed E-state index contributed by atoms with van der Waals surface area (Å²) in [6.45, 7) is 0.454. The van der Waals surface area contributed by atoms with Crippen molar-refractivity contribution in [2.24, 2.45) is 23.7 Å². The average molecular weight is 1140 g/mol. The molecule has 0 aromatic heterocycles. The van der Waals surface area contributed by atoms with Gasteiger partial charge in [0.05, 0.1) is 48.7 Å².